The normalized spacial score (nSPS) is 20.8. The largest absolute Gasteiger partial charge is 0.487 e. The molecule has 1 aliphatic rings. The van der Waals surface area contributed by atoms with Crippen LogP contribution in [0.5, 0.6) is 5.75 Å². The number of hydrogen-bond donors (Lipinski definition) is 2. The molecular formula is C25H40O4. The summed E-state index contributed by atoms with van der Waals surface area (Å²) >= 11 is 0. The Morgan fingerprint density at radius 2 is 1.90 bits per heavy atom. The van der Waals surface area contributed by atoms with Crippen molar-refractivity contribution in [2.45, 2.75) is 103 Å². The maximum Gasteiger partial charge on any atom is 0.303 e. The molecule has 2 N–H and O–H groups in total. The highest BCUT2D eigenvalue weighted by Crippen LogP contribution is 2.49. The van der Waals surface area contributed by atoms with Crippen molar-refractivity contribution in [1.29, 1.82) is 0 Å². The predicted octanol–water partition coefficient (Wildman–Crippen LogP) is 5.97. The molecule has 0 amide bonds. The molecular weight excluding hydrogens is 364 g/mol. The summed E-state index contributed by atoms with van der Waals surface area (Å²) in [5.41, 5.74) is 3.01. The van der Waals surface area contributed by atoms with Crippen LogP contribution in [0.1, 0.15) is 102 Å². The Bertz CT molecular complexity index is 705. The maximum absolute atomic E-state index is 11.1. The van der Waals surface area contributed by atoms with Crippen molar-refractivity contribution >= 4 is 5.97 Å². The number of aliphatic hydroxyl groups is 1. The van der Waals surface area contributed by atoms with Crippen LogP contribution in [0.2, 0.25) is 0 Å². The minimum absolute atomic E-state index is 0.00464. The number of rotatable bonds is 10. The lowest BCUT2D eigenvalue weighted by Gasteiger charge is -2.45. The lowest BCUT2D eigenvalue weighted by atomic mass is 9.70. The minimum atomic E-state index is -0.805. The van der Waals surface area contributed by atoms with Gasteiger partial charge in [-0.25, -0.2) is 0 Å². The van der Waals surface area contributed by atoms with Crippen LogP contribution in [0, 0.1) is 12.8 Å². The highest BCUT2D eigenvalue weighted by molar-refractivity contribution is 5.66. The number of unbranched alkanes of at least 4 members (excludes halogenated alkanes) is 3. The molecule has 1 aromatic carbocycles. The second kappa shape index (κ2) is 9.51. The van der Waals surface area contributed by atoms with Gasteiger partial charge in [-0.3, -0.25) is 4.79 Å². The standard InChI is InChI=1S/C25H40O4/c1-7-8-9-10-13-24(3,4)18-14-17(2)23-19(16-26)20(11-12-22(27)28)25(5,6)29-21(23)15-18/h14-15,19-20,26H,7-13,16H2,1-6H3,(H,27,28)/t19-,20-/m1/s1. The number of carboxylic acid groups (broad SMARTS) is 1. The van der Waals surface area contributed by atoms with Crippen molar-refractivity contribution in [2.24, 2.45) is 5.92 Å². The summed E-state index contributed by atoms with van der Waals surface area (Å²) in [6.07, 6.45) is 6.74. The summed E-state index contributed by atoms with van der Waals surface area (Å²) < 4.78 is 6.45. The van der Waals surface area contributed by atoms with Crippen molar-refractivity contribution < 1.29 is 19.7 Å². The Morgan fingerprint density at radius 3 is 2.48 bits per heavy atom. The zero-order chi connectivity index (χ0) is 21.8. The molecule has 0 aromatic heterocycles. The Hall–Kier alpha value is -1.55. The van der Waals surface area contributed by atoms with E-state index in [9.17, 15) is 9.90 Å². The molecule has 0 aliphatic carbocycles. The molecule has 0 radical (unpaired) electrons. The molecule has 164 valence electrons. The lowest BCUT2D eigenvalue weighted by molar-refractivity contribution is -0.137. The zero-order valence-electron chi connectivity index (χ0n) is 19.2. The highest BCUT2D eigenvalue weighted by atomic mass is 16.5. The molecule has 1 heterocycles. The first kappa shape index (κ1) is 23.7. The van der Waals surface area contributed by atoms with Gasteiger partial charge < -0.3 is 14.9 Å². The van der Waals surface area contributed by atoms with Crippen molar-refractivity contribution in [3.05, 3.63) is 28.8 Å². The molecule has 1 aromatic rings. The summed E-state index contributed by atoms with van der Waals surface area (Å²) in [6.45, 7) is 13.0. The quantitative estimate of drug-likeness (QED) is 0.471. The molecule has 0 unspecified atom stereocenters. The van der Waals surface area contributed by atoms with Crippen molar-refractivity contribution in [2.75, 3.05) is 6.61 Å². The summed E-state index contributed by atoms with van der Waals surface area (Å²) in [6, 6.07) is 4.41. The number of ether oxygens (including phenoxy) is 1. The number of aliphatic carboxylic acids is 1. The third-order valence-corrected chi connectivity index (χ3v) is 6.77. The monoisotopic (exact) mass is 404 g/mol. The van der Waals surface area contributed by atoms with E-state index >= 15 is 0 Å². The Kier molecular flexibility index (Phi) is 7.78. The van der Waals surface area contributed by atoms with Crippen LogP contribution in [-0.2, 0) is 10.2 Å². The van der Waals surface area contributed by atoms with Gasteiger partial charge in [-0.1, -0.05) is 52.5 Å². The Morgan fingerprint density at radius 1 is 1.21 bits per heavy atom. The fourth-order valence-corrected chi connectivity index (χ4v) is 4.95. The van der Waals surface area contributed by atoms with Crippen LogP contribution in [0.4, 0.5) is 0 Å². The van der Waals surface area contributed by atoms with E-state index < -0.39 is 11.6 Å². The second-order valence-corrected chi connectivity index (χ2v) is 9.93. The van der Waals surface area contributed by atoms with Gasteiger partial charge in [0.25, 0.3) is 0 Å². The van der Waals surface area contributed by atoms with Crippen LogP contribution in [0.15, 0.2) is 12.1 Å². The van der Waals surface area contributed by atoms with E-state index in [1.54, 1.807) is 0 Å². The van der Waals surface area contributed by atoms with Crippen LogP contribution in [-0.4, -0.2) is 28.4 Å². The predicted molar refractivity (Wildman–Crippen MR) is 118 cm³/mol. The smallest absolute Gasteiger partial charge is 0.303 e. The molecule has 1 aliphatic heterocycles. The lowest BCUT2D eigenvalue weighted by Crippen LogP contribution is -2.46. The summed E-state index contributed by atoms with van der Waals surface area (Å²) in [5.74, 6) is -0.0880. The molecule has 2 rings (SSSR count). The van der Waals surface area contributed by atoms with Crippen molar-refractivity contribution in [1.82, 2.24) is 0 Å². The van der Waals surface area contributed by atoms with Crippen LogP contribution in [0.3, 0.4) is 0 Å². The van der Waals surface area contributed by atoms with Gasteiger partial charge >= 0.3 is 5.97 Å². The number of benzene rings is 1. The SMILES string of the molecule is CCCCCCC(C)(C)c1cc(C)c2c(c1)OC(C)(C)[C@H](CCC(=O)O)[C@H]2CO. The number of carboxylic acids is 1. The molecule has 4 nitrogen and oxygen atoms in total. The molecule has 0 bridgehead atoms. The first-order chi connectivity index (χ1) is 13.5. The Balaban J connectivity index is 2.36. The summed E-state index contributed by atoms with van der Waals surface area (Å²) in [5, 5.41) is 19.4. The van der Waals surface area contributed by atoms with Crippen LogP contribution < -0.4 is 4.74 Å². The molecule has 0 saturated carbocycles. The van der Waals surface area contributed by atoms with Gasteiger partial charge in [-0.15, -0.1) is 0 Å². The van der Waals surface area contributed by atoms with Gasteiger partial charge in [0.05, 0.1) is 6.61 Å². The van der Waals surface area contributed by atoms with Crippen LogP contribution in [0.25, 0.3) is 0 Å². The fourth-order valence-electron chi connectivity index (χ4n) is 4.95. The van der Waals surface area contributed by atoms with Crippen molar-refractivity contribution in [3.63, 3.8) is 0 Å². The van der Waals surface area contributed by atoms with Gasteiger partial charge in [0, 0.05) is 23.8 Å². The molecule has 2 atom stereocenters. The maximum atomic E-state index is 11.1. The van der Waals surface area contributed by atoms with E-state index in [2.05, 4.69) is 39.8 Å². The number of hydrogen-bond acceptors (Lipinski definition) is 3. The molecule has 0 saturated heterocycles. The van der Waals surface area contributed by atoms with Crippen molar-refractivity contribution in [3.8, 4) is 5.75 Å². The van der Waals surface area contributed by atoms with E-state index in [0.717, 1.165) is 23.3 Å². The van der Waals surface area contributed by atoms with Gasteiger partial charge in [0.15, 0.2) is 0 Å². The number of aliphatic hydroxyl groups excluding tert-OH is 1. The van der Waals surface area contributed by atoms with E-state index in [0.29, 0.717) is 6.42 Å². The van der Waals surface area contributed by atoms with E-state index in [1.807, 2.05) is 13.8 Å². The number of carbonyl (C=O) groups is 1. The van der Waals surface area contributed by atoms with E-state index in [1.165, 1.54) is 31.2 Å². The average Bonchev–Trinajstić information content (AvgIpc) is 2.62. The first-order valence-electron chi connectivity index (χ1n) is 11.2. The molecule has 0 spiro atoms. The highest BCUT2D eigenvalue weighted by Gasteiger charge is 2.44. The Labute approximate surface area is 176 Å². The molecule has 4 heteroatoms. The second-order valence-electron chi connectivity index (χ2n) is 9.93. The van der Waals surface area contributed by atoms with Gasteiger partial charge in [0.2, 0.25) is 0 Å². The minimum Gasteiger partial charge on any atom is -0.487 e. The molecule has 29 heavy (non-hydrogen) atoms. The van der Waals surface area contributed by atoms with Gasteiger partial charge in [0.1, 0.15) is 11.4 Å². The van der Waals surface area contributed by atoms with Gasteiger partial charge in [-0.05, 0) is 56.2 Å². The van der Waals surface area contributed by atoms with E-state index in [4.69, 9.17) is 9.84 Å². The average molecular weight is 405 g/mol. The van der Waals surface area contributed by atoms with Gasteiger partial charge in [-0.2, -0.15) is 0 Å². The summed E-state index contributed by atoms with van der Waals surface area (Å²) in [7, 11) is 0. The van der Waals surface area contributed by atoms with Crippen LogP contribution >= 0.6 is 0 Å². The van der Waals surface area contributed by atoms with E-state index in [-0.39, 0.29) is 30.3 Å². The third-order valence-electron chi connectivity index (χ3n) is 6.77. The zero-order valence-corrected chi connectivity index (χ0v) is 19.2. The first-order valence-corrected chi connectivity index (χ1v) is 11.2. The number of fused-ring (bicyclic) bond motifs is 1. The topological polar surface area (TPSA) is 66.8 Å². The summed E-state index contributed by atoms with van der Waals surface area (Å²) in [4.78, 5) is 11.1. The molecule has 0 fully saturated rings. The fraction of sp³-hybridized carbons (Fsp3) is 0.720. The third kappa shape index (κ3) is 5.53. The number of aryl methyl sites for hydroxylation is 1.